The Kier molecular flexibility index (Phi) is 6.70. The van der Waals surface area contributed by atoms with Crippen molar-refractivity contribution in [1.29, 1.82) is 0 Å². The molecule has 4 heterocycles. The molecule has 10 heteroatoms. The lowest BCUT2D eigenvalue weighted by atomic mass is 9.89. The number of fused-ring (bicyclic) bond motifs is 3. The predicted octanol–water partition coefficient (Wildman–Crippen LogP) is 6.72. The van der Waals surface area contributed by atoms with Crippen LogP contribution in [0.15, 0.2) is 36.4 Å². The van der Waals surface area contributed by atoms with Gasteiger partial charge >= 0.3 is 6.18 Å². The average Bonchev–Trinajstić information content (AvgIpc) is 3.77. The van der Waals surface area contributed by atoms with Crippen molar-refractivity contribution in [2.45, 2.75) is 69.6 Å². The molecule has 2 aliphatic heterocycles. The Morgan fingerprint density at radius 1 is 0.780 bits per heavy atom. The molecule has 2 aromatic heterocycles. The maximum Gasteiger partial charge on any atom is 0.389 e. The van der Waals surface area contributed by atoms with Crippen LogP contribution >= 0.6 is 0 Å². The van der Waals surface area contributed by atoms with E-state index < -0.39 is 18.4 Å². The van der Waals surface area contributed by atoms with Crippen LogP contribution < -0.4 is 10.6 Å². The van der Waals surface area contributed by atoms with E-state index >= 15 is 4.39 Å². The van der Waals surface area contributed by atoms with Crippen molar-refractivity contribution in [3.05, 3.63) is 70.8 Å². The fraction of sp³-hybridized carbons (Fsp3) is 0.419. The van der Waals surface area contributed by atoms with Gasteiger partial charge in [0, 0.05) is 28.9 Å². The second-order valence-electron chi connectivity index (χ2n) is 11.4. The van der Waals surface area contributed by atoms with Crippen molar-refractivity contribution in [3.8, 4) is 33.6 Å². The van der Waals surface area contributed by atoms with Gasteiger partial charge in [0.2, 0.25) is 0 Å². The number of aromatic nitrogens is 4. The molecule has 214 valence electrons. The number of alkyl halides is 3. The number of aryl methyl sites for hydroxylation is 3. The van der Waals surface area contributed by atoms with Gasteiger partial charge in [-0.15, -0.1) is 0 Å². The van der Waals surface area contributed by atoms with E-state index in [2.05, 4.69) is 37.7 Å². The SMILES string of the molecule is Fc1cc(-c2ccc3c(c2)-c2nc([C@@H]4CCCN4)[nH]c2CC3)ccc1-c1nc([C@@H]2CCCN2)[nH]c1CCC(F)(F)F. The van der Waals surface area contributed by atoms with Gasteiger partial charge in [-0.3, -0.25) is 0 Å². The van der Waals surface area contributed by atoms with Crippen LogP contribution in [0.25, 0.3) is 33.6 Å². The van der Waals surface area contributed by atoms with Crippen LogP contribution in [0.1, 0.15) is 72.8 Å². The zero-order valence-corrected chi connectivity index (χ0v) is 22.6. The highest BCUT2D eigenvalue weighted by atomic mass is 19.4. The van der Waals surface area contributed by atoms with Crippen molar-refractivity contribution in [2.75, 3.05) is 13.1 Å². The van der Waals surface area contributed by atoms with Gasteiger partial charge in [0.15, 0.2) is 0 Å². The van der Waals surface area contributed by atoms with Gasteiger partial charge in [0.25, 0.3) is 0 Å². The molecule has 0 bridgehead atoms. The molecule has 41 heavy (non-hydrogen) atoms. The molecule has 4 N–H and O–H groups in total. The van der Waals surface area contributed by atoms with Gasteiger partial charge in [0.05, 0.1) is 23.5 Å². The summed E-state index contributed by atoms with van der Waals surface area (Å²) >= 11 is 0. The van der Waals surface area contributed by atoms with Gasteiger partial charge in [-0.2, -0.15) is 13.2 Å². The summed E-state index contributed by atoms with van der Waals surface area (Å²) in [5.74, 6) is 1.03. The number of hydrogen-bond donors (Lipinski definition) is 4. The van der Waals surface area contributed by atoms with Crippen molar-refractivity contribution in [2.24, 2.45) is 0 Å². The Hall–Kier alpha value is -3.50. The third kappa shape index (κ3) is 5.19. The maximum atomic E-state index is 15.7. The van der Waals surface area contributed by atoms with Crippen LogP contribution in [0.2, 0.25) is 0 Å². The Bertz CT molecular complexity index is 1570. The number of imidazole rings is 2. The first kappa shape index (κ1) is 26.4. The molecule has 1 aliphatic carbocycles. The molecule has 2 aromatic carbocycles. The maximum absolute atomic E-state index is 15.7. The minimum atomic E-state index is -4.31. The second-order valence-corrected chi connectivity index (χ2v) is 11.4. The van der Waals surface area contributed by atoms with Crippen LogP contribution in [-0.2, 0) is 19.3 Å². The number of hydrogen-bond acceptors (Lipinski definition) is 4. The Labute approximate surface area is 235 Å². The quantitative estimate of drug-likeness (QED) is 0.196. The molecular weight excluding hydrogens is 532 g/mol. The van der Waals surface area contributed by atoms with E-state index in [-0.39, 0.29) is 29.8 Å². The summed E-state index contributed by atoms with van der Waals surface area (Å²) in [4.78, 5) is 16.2. The third-order valence-corrected chi connectivity index (χ3v) is 8.60. The highest BCUT2D eigenvalue weighted by Crippen LogP contribution is 2.38. The molecule has 0 saturated carbocycles. The first-order valence-electron chi connectivity index (χ1n) is 14.5. The highest BCUT2D eigenvalue weighted by molar-refractivity contribution is 5.78. The Morgan fingerprint density at radius 2 is 1.46 bits per heavy atom. The van der Waals surface area contributed by atoms with Crippen molar-refractivity contribution < 1.29 is 17.6 Å². The van der Waals surface area contributed by atoms with Crippen LogP contribution in [0, 0.1) is 5.82 Å². The smallest absolute Gasteiger partial charge is 0.344 e. The highest BCUT2D eigenvalue weighted by Gasteiger charge is 2.30. The number of nitrogens with zero attached hydrogens (tertiary/aromatic N) is 2. The van der Waals surface area contributed by atoms with E-state index in [1.807, 2.05) is 12.1 Å². The first-order chi connectivity index (χ1) is 19.8. The van der Waals surface area contributed by atoms with E-state index in [0.717, 1.165) is 80.0 Å². The lowest BCUT2D eigenvalue weighted by molar-refractivity contribution is -0.134. The Morgan fingerprint density at radius 3 is 2.15 bits per heavy atom. The molecule has 0 amide bonds. The topological polar surface area (TPSA) is 81.4 Å². The van der Waals surface area contributed by atoms with Crippen molar-refractivity contribution in [3.63, 3.8) is 0 Å². The van der Waals surface area contributed by atoms with Gasteiger partial charge in [0.1, 0.15) is 17.5 Å². The summed E-state index contributed by atoms with van der Waals surface area (Å²) in [6, 6.07) is 11.2. The zero-order valence-electron chi connectivity index (χ0n) is 22.6. The summed E-state index contributed by atoms with van der Waals surface area (Å²) in [5, 5.41) is 6.81. The lowest BCUT2D eigenvalue weighted by Gasteiger charge is -2.16. The summed E-state index contributed by atoms with van der Waals surface area (Å²) < 4.78 is 54.9. The average molecular weight is 565 g/mol. The predicted molar refractivity (Wildman–Crippen MR) is 149 cm³/mol. The fourth-order valence-corrected chi connectivity index (χ4v) is 6.44. The molecule has 6 nitrogen and oxygen atoms in total. The second kappa shape index (κ2) is 10.4. The van der Waals surface area contributed by atoms with Crippen LogP contribution in [-0.4, -0.2) is 39.2 Å². The standard InChI is InChI=1S/C31H32F4N6/c32-22-16-19(7-9-20(22)27-24(11-12-31(33,34)35)39-30(40-27)26-4-2-14-37-26)18-6-5-17-8-10-23-28(21(17)15-18)41-29(38-23)25-3-1-13-36-25/h5-7,9,15-16,25-26,36-37H,1-4,8,10-14H2,(H,38,41)(H,39,40)/t25-,26-/m0/s1. The number of rotatable bonds is 6. The molecular formula is C31H32F4N6. The lowest BCUT2D eigenvalue weighted by Crippen LogP contribution is -2.14. The molecule has 7 rings (SSSR count). The van der Waals surface area contributed by atoms with Crippen LogP contribution in [0.5, 0.6) is 0 Å². The van der Waals surface area contributed by atoms with E-state index in [1.54, 1.807) is 6.07 Å². The van der Waals surface area contributed by atoms with Crippen LogP contribution in [0.4, 0.5) is 17.6 Å². The van der Waals surface area contributed by atoms with Crippen LogP contribution in [0.3, 0.4) is 0 Å². The molecule has 0 unspecified atom stereocenters. The monoisotopic (exact) mass is 564 g/mol. The summed E-state index contributed by atoms with van der Waals surface area (Å²) in [5.41, 5.74) is 6.70. The number of halogens is 4. The van der Waals surface area contributed by atoms with E-state index in [4.69, 9.17) is 4.98 Å². The number of benzene rings is 2. The summed E-state index contributed by atoms with van der Waals surface area (Å²) in [6.07, 6.45) is 0.222. The van der Waals surface area contributed by atoms with E-state index in [1.165, 1.54) is 11.6 Å². The summed E-state index contributed by atoms with van der Waals surface area (Å²) in [7, 11) is 0. The number of aromatic amines is 2. The van der Waals surface area contributed by atoms with Gasteiger partial charge in [-0.05, 0) is 92.9 Å². The fourth-order valence-electron chi connectivity index (χ4n) is 6.44. The number of nitrogens with one attached hydrogen (secondary N) is 4. The Balaban J connectivity index is 1.21. The molecule has 4 aromatic rings. The molecule has 2 fully saturated rings. The van der Waals surface area contributed by atoms with Gasteiger partial charge in [-0.25, -0.2) is 14.4 Å². The third-order valence-electron chi connectivity index (χ3n) is 8.60. The molecule has 0 radical (unpaired) electrons. The zero-order chi connectivity index (χ0) is 28.1. The first-order valence-corrected chi connectivity index (χ1v) is 14.5. The van der Waals surface area contributed by atoms with Gasteiger partial charge < -0.3 is 20.6 Å². The molecule has 2 saturated heterocycles. The van der Waals surface area contributed by atoms with Crippen molar-refractivity contribution in [1.82, 2.24) is 30.6 Å². The minimum absolute atomic E-state index is 0.0666. The van der Waals surface area contributed by atoms with E-state index in [9.17, 15) is 13.2 Å². The largest absolute Gasteiger partial charge is 0.389 e. The van der Waals surface area contributed by atoms with Gasteiger partial charge in [-0.1, -0.05) is 18.2 Å². The normalized spacial score (nSPS) is 20.4. The number of H-pyrrole nitrogens is 2. The van der Waals surface area contributed by atoms with Crippen molar-refractivity contribution >= 4 is 0 Å². The van der Waals surface area contributed by atoms with E-state index in [0.29, 0.717) is 17.1 Å². The molecule has 2 atom stereocenters. The minimum Gasteiger partial charge on any atom is -0.344 e. The molecule has 0 spiro atoms. The molecule has 3 aliphatic rings. The summed E-state index contributed by atoms with van der Waals surface area (Å²) in [6.45, 7) is 1.82.